The molecule has 0 aliphatic carbocycles. The first-order valence-electron chi connectivity index (χ1n) is 8.33. The molecule has 0 fully saturated rings. The van der Waals surface area contributed by atoms with Crippen molar-refractivity contribution in [2.75, 3.05) is 13.2 Å². The number of para-hydroxylation sites is 2. The van der Waals surface area contributed by atoms with Crippen molar-refractivity contribution in [3.8, 4) is 5.75 Å². The van der Waals surface area contributed by atoms with Gasteiger partial charge in [0.15, 0.2) is 12.4 Å². The highest BCUT2D eigenvalue weighted by Gasteiger charge is 2.29. The average Bonchev–Trinajstić information content (AvgIpc) is 3.07. The van der Waals surface area contributed by atoms with Crippen molar-refractivity contribution < 1.29 is 27.6 Å². The van der Waals surface area contributed by atoms with E-state index in [2.05, 4.69) is 15.0 Å². The lowest BCUT2D eigenvalue weighted by atomic mass is 10.2. The summed E-state index contributed by atoms with van der Waals surface area (Å²) < 4.78 is 54.2. The molecule has 6 nitrogen and oxygen atoms in total. The summed E-state index contributed by atoms with van der Waals surface area (Å²) in [7, 11) is 0. The van der Waals surface area contributed by atoms with E-state index >= 15 is 0 Å². The molecule has 0 saturated heterocycles. The van der Waals surface area contributed by atoms with Gasteiger partial charge in [0.2, 0.25) is 0 Å². The second kappa shape index (κ2) is 9.76. The quantitative estimate of drug-likeness (QED) is 0.622. The second-order valence-corrected chi connectivity index (χ2v) is 7.02. The zero-order valence-corrected chi connectivity index (χ0v) is 16.1. The number of imidazole rings is 1. The van der Waals surface area contributed by atoms with Crippen LogP contribution in [0.25, 0.3) is 11.0 Å². The number of hydrogen-bond donors (Lipinski definition) is 2. The highest BCUT2D eigenvalue weighted by Crippen LogP contribution is 2.25. The summed E-state index contributed by atoms with van der Waals surface area (Å²) in [6.45, 7) is 2.13. The van der Waals surface area contributed by atoms with Crippen LogP contribution in [0.15, 0.2) is 41.7 Å². The maximum Gasteiger partial charge on any atom is 0.422 e. The van der Waals surface area contributed by atoms with E-state index in [9.17, 15) is 17.7 Å². The number of fused-ring (bicyclic) bond motifs is 1. The normalized spacial score (nSPS) is 12.4. The molecule has 0 saturated carbocycles. The molecular weight excluding hydrogens is 395 g/mol. The van der Waals surface area contributed by atoms with Crippen LogP contribution in [0.4, 0.5) is 13.2 Å². The highest BCUT2D eigenvalue weighted by molar-refractivity contribution is 7.90. The number of aromatic amines is 1. The number of aliphatic hydroxyl groups is 1. The van der Waals surface area contributed by atoms with Crippen LogP contribution in [0.2, 0.25) is 0 Å². The number of halogens is 3. The van der Waals surface area contributed by atoms with Gasteiger partial charge in [0.25, 0.3) is 0 Å². The summed E-state index contributed by atoms with van der Waals surface area (Å²) >= 11 is -1.51. The standard InChI is InChI=1S/C16H14F3N3O2S.C2H6O/c1-10-13(20-7-6-14(10)24-9-16(17,18)19)8-25(23)15-21-11-4-2-3-5-12(11)22-15;1-2-3/h2-7H,8-9H2,1H3,(H,21,22);3H,2H2,1H3/t25-;/m1./s1. The predicted octanol–water partition coefficient (Wildman–Crippen LogP) is 3.51. The molecule has 0 radical (unpaired) electrons. The Hall–Kier alpha value is -2.30. The van der Waals surface area contributed by atoms with Gasteiger partial charge in [-0.2, -0.15) is 18.2 Å². The number of nitrogens with one attached hydrogen (secondary N) is 1. The second-order valence-electron chi connectivity index (χ2n) is 5.65. The molecule has 1 aromatic carbocycles. The third kappa shape index (κ3) is 6.11. The van der Waals surface area contributed by atoms with Crippen LogP contribution in [-0.2, 0) is 16.9 Å². The minimum Gasteiger partial charge on any atom is -0.609 e. The number of nitrogens with zero attached hydrogens (tertiary/aromatic N) is 2. The van der Waals surface area contributed by atoms with E-state index in [1.54, 1.807) is 19.9 Å². The van der Waals surface area contributed by atoms with Crippen LogP contribution in [0.3, 0.4) is 0 Å². The molecular formula is C18H20F3N3O3S. The van der Waals surface area contributed by atoms with E-state index in [-0.39, 0.29) is 18.1 Å². The molecule has 2 heterocycles. The first-order valence-corrected chi connectivity index (χ1v) is 9.65. The van der Waals surface area contributed by atoms with Gasteiger partial charge in [0.1, 0.15) is 5.75 Å². The molecule has 10 heteroatoms. The molecule has 0 aliphatic rings. The zero-order chi connectivity index (χ0) is 20.7. The molecule has 28 heavy (non-hydrogen) atoms. The Morgan fingerprint density at radius 1 is 1.25 bits per heavy atom. The Morgan fingerprint density at radius 3 is 2.57 bits per heavy atom. The van der Waals surface area contributed by atoms with E-state index in [0.29, 0.717) is 21.9 Å². The zero-order valence-electron chi connectivity index (χ0n) is 15.3. The van der Waals surface area contributed by atoms with Gasteiger partial charge in [-0.05, 0) is 32.0 Å². The monoisotopic (exact) mass is 415 g/mol. The van der Waals surface area contributed by atoms with Crippen molar-refractivity contribution in [1.29, 1.82) is 0 Å². The lowest BCUT2D eigenvalue weighted by molar-refractivity contribution is -0.153. The SMILES string of the molecule is CCO.Cc1c(OCC(F)(F)F)ccnc1C[S@@+]([O-])c1nc2ccccc2[nH]1. The minimum atomic E-state index is -4.42. The lowest BCUT2D eigenvalue weighted by Crippen LogP contribution is -2.20. The highest BCUT2D eigenvalue weighted by atomic mass is 32.2. The number of aliphatic hydroxyl groups excluding tert-OH is 1. The largest absolute Gasteiger partial charge is 0.609 e. The minimum absolute atomic E-state index is 0.0227. The Bertz CT molecular complexity index is 869. The summed E-state index contributed by atoms with van der Waals surface area (Å²) in [6.07, 6.45) is -3.09. The van der Waals surface area contributed by atoms with Crippen molar-refractivity contribution >= 4 is 22.2 Å². The molecule has 3 aromatic rings. The Kier molecular flexibility index (Phi) is 7.67. The first-order chi connectivity index (χ1) is 13.2. The smallest absolute Gasteiger partial charge is 0.422 e. The number of hydrogen-bond acceptors (Lipinski definition) is 5. The van der Waals surface area contributed by atoms with Gasteiger partial charge < -0.3 is 14.4 Å². The average molecular weight is 415 g/mol. The molecule has 0 amide bonds. The molecule has 152 valence electrons. The number of benzene rings is 1. The van der Waals surface area contributed by atoms with Crippen molar-refractivity contribution in [2.45, 2.75) is 30.9 Å². The molecule has 0 bridgehead atoms. The van der Waals surface area contributed by atoms with Crippen LogP contribution in [0, 0.1) is 6.92 Å². The van der Waals surface area contributed by atoms with Crippen LogP contribution in [0.5, 0.6) is 5.75 Å². The van der Waals surface area contributed by atoms with Gasteiger partial charge in [-0.25, -0.2) is 0 Å². The number of pyridine rings is 1. The molecule has 3 rings (SSSR count). The fraction of sp³-hybridized carbons (Fsp3) is 0.333. The Morgan fingerprint density at radius 2 is 1.93 bits per heavy atom. The van der Waals surface area contributed by atoms with Crippen molar-refractivity contribution in [3.63, 3.8) is 0 Å². The maximum atomic E-state index is 12.5. The van der Waals surface area contributed by atoms with E-state index in [4.69, 9.17) is 9.84 Å². The van der Waals surface area contributed by atoms with Gasteiger partial charge >= 0.3 is 11.3 Å². The summed E-state index contributed by atoms with van der Waals surface area (Å²) in [5.74, 6) is 0.0958. The number of rotatable bonds is 5. The molecule has 2 aromatic heterocycles. The van der Waals surface area contributed by atoms with Crippen LogP contribution in [-0.4, -0.2) is 44.0 Å². The van der Waals surface area contributed by atoms with Gasteiger partial charge in [-0.3, -0.25) is 9.97 Å². The summed E-state index contributed by atoms with van der Waals surface area (Å²) in [5, 5.41) is 7.86. The number of H-pyrrole nitrogens is 1. The lowest BCUT2D eigenvalue weighted by Gasteiger charge is -2.14. The van der Waals surface area contributed by atoms with Crippen molar-refractivity contribution in [1.82, 2.24) is 15.0 Å². The van der Waals surface area contributed by atoms with E-state index < -0.39 is 24.0 Å². The summed E-state index contributed by atoms with van der Waals surface area (Å²) in [6, 6.07) is 8.62. The fourth-order valence-electron chi connectivity index (χ4n) is 2.25. The topological polar surface area (TPSA) is 94.1 Å². The summed E-state index contributed by atoms with van der Waals surface area (Å²) in [4.78, 5) is 11.3. The third-order valence-corrected chi connectivity index (χ3v) is 4.66. The van der Waals surface area contributed by atoms with E-state index in [1.807, 2.05) is 18.2 Å². The van der Waals surface area contributed by atoms with Gasteiger partial charge in [0.05, 0.1) is 16.7 Å². The molecule has 0 spiro atoms. The molecule has 0 unspecified atom stereocenters. The number of alkyl halides is 3. The summed E-state index contributed by atoms with van der Waals surface area (Å²) in [5.41, 5.74) is 2.28. The Balaban J connectivity index is 0.000000878. The molecule has 0 aliphatic heterocycles. The third-order valence-electron chi connectivity index (χ3n) is 3.50. The van der Waals surface area contributed by atoms with Gasteiger partial charge in [0, 0.05) is 29.5 Å². The van der Waals surface area contributed by atoms with E-state index in [1.165, 1.54) is 12.3 Å². The van der Waals surface area contributed by atoms with Crippen molar-refractivity contribution in [3.05, 3.63) is 47.8 Å². The number of ether oxygens (including phenoxy) is 1. The van der Waals surface area contributed by atoms with Crippen molar-refractivity contribution in [2.24, 2.45) is 0 Å². The first kappa shape index (κ1) is 22.0. The van der Waals surface area contributed by atoms with Crippen LogP contribution in [0.1, 0.15) is 18.2 Å². The Labute approximate surface area is 163 Å². The fourth-order valence-corrected chi connectivity index (χ4v) is 3.35. The van der Waals surface area contributed by atoms with E-state index in [0.717, 1.165) is 5.52 Å². The predicted molar refractivity (Wildman–Crippen MR) is 99.5 cm³/mol. The van der Waals surface area contributed by atoms with Gasteiger partial charge in [-0.15, -0.1) is 0 Å². The molecule has 2 N–H and O–H groups in total. The molecule has 1 atom stereocenters. The van der Waals surface area contributed by atoms with Gasteiger partial charge in [-0.1, -0.05) is 12.1 Å². The van der Waals surface area contributed by atoms with Crippen LogP contribution >= 0.6 is 0 Å². The maximum absolute atomic E-state index is 12.5. The number of aromatic nitrogens is 3. The van der Waals surface area contributed by atoms with Crippen LogP contribution < -0.4 is 4.74 Å².